The first-order valence-electron chi connectivity index (χ1n) is 3.87. The summed E-state index contributed by atoms with van der Waals surface area (Å²) in [6, 6.07) is 0. The minimum Gasteiger partial charge on any atom is -0.301 e. The van der Waals surface area contributed by atoms with Crippen molar-refractivity contribution in [2.75, 3.05) is 19.6 Å². The van der Waals surface area contributed by atoms with E-state index in [0.717, 1.165) is 12.1 Å². The summed E-state index contributed by atoms with van der Waals surface area (Å²) >= 11 is 0. The van der Waals surface area contributed by atoms with Crippen LogP contribution in [0.5, 0.6) is 0 Å². The average Bonchev–Trinajstić information content (AvgIpc) is 2.45. The second-order valence-corrected chi connectivity index (χ2v) is 3.11. The first kappa shape index (κ1) is 5.69. The van der Waals surface area contributed by atoms with Gasteiger partial charge in [-0.3, -0.25) is 4.90 Å². The van der Waals surface area contributed by atoms with Gasteiger partial charge >= 0.3 is 0 Å². The molecule has 2 aliphatic heterocycles. The smallest absolute Gasteiger partial charge is 0.0600 e. The van der Waals surface area contributed by atoms with Gasteiger partial charge in [-0.1, -0.05) is 6.92 Å². The van der Waals surface area contributed by atoms with E-state index in [1.807, 2.05) is 0 Å². The fraction of sp³-hybridized carbons (Fsp3) is 1.00. The molecule has 0 radical (unpaired) electrons. The zero-order valence-electron chi connectivity index (χ0n) is 5.93. The summed E-state index contributed by atoms with van der Waals surface area (Å²) in [5, 5.41) is 3.48. The number of nitrogens with one attached hydrogen (secondary N) is 1. The number of hydrogen-bond donors (Lipinski definition) is 1. The molecule has 2 aliphatic rings. The lowest BCUT2D eigenvalue weighted by atomic mass is 10.2. The Morgan fingerprint density at radius 2 is 2.56 bits per heavy atom. The van der Waals surface area contributed by atoms with Crippen molar-refractivity contribution in [1.82, 2.24) is 10.2 Å². The zero-order chi connectivity index (χ0) is 6.27. The van der Waals surface area contributed by atoms with Crippen LogP contribution in [0.1, 0.15) is 13.3 Å². The monoisotopic (exact) mass is 126 g/mol. The van der Waals surface area contributed by atoms with Gasteiger partial charge in [-0.2, -0.15) is 0 Å². The normalized spacial score (nSPS) is 42.3. The molecule has 0 saturated carbocycles. The van der Waals surface area contributed by atoms with E-state index < -0.39 is 0 Å². The molecule has 0 aromatic heterocycles. The van der Waals surface area contributed by atoms with Gasteiger partial charge in [0.15, 0.2) is 0 Å². The number of nitrogens with zero attached hydrogens (tertiary/aromatic N) is 1. The van der Waals surface area contributed by atoms with Gasteiger partial charge in [0, 0.05) is 13.1 Å². The zero-order valence-corrected chi connectivity index (χ0v) is 5.93. The highest BCUT2D eigenvalue weighted by Crippen LogP contribution is 2.25. The van der Waals surface area contributed by atoms with E-state index in [1.54, 1.807) is 0 Å². The topological polar surface area (TPSA) is 15.3 Å². The number of likely N-dealkylation sites (tertiary alicyclic amines) is 1. The molecule has 0 spiro atoms. The van der Waals surface area contributed by atoms with Crippen LogP contribution < -0.4 is 5.32 Å². The Balaban J connectivity index is 2.01. The molecule has 9 heavy (non-hydrogen) atoms. The summed E-state index contributed by atoms with van der Waals surface area (Å²) in [6.07, 6.45) is 2.13. The van der Waals surface area contributed by atoms with E-state index in [-0.39, 0.29) is 0 Å². The van der Waals surface area contributed by atoms with Gasteiger partial charge in [0.25, 0.3) is 0 Å². The van der Waals surface area contributed by atoms with Gasteiger partial charge in [0.05, 0.1) is 6.17 Å². The minimum absolute atomic E-state index is 0.736. The van der Waals surface area contributed by atoms with E-state index >= 15 is 0 Å². The van der Waals surface area contributed by atoms with Crippen molar-refractivity contribution in [3.8, 4) is 0 Å². The lowest BCUT2D eigenvalue weighted by molar-refractivity contribution is 0.207. The van der Waals surface area contributed by atoms with Crippen molar-refractivity contribution in [2.45, 2.75) is 19.5 Å². The Labute approximate surface area is 56.2 Å². The maximum Gasteiger partial charge on any atom is 0.0600 e. The highest BCUT2D eigenvalue weighted by Gasteiger charge is 2.35. The summed E-state index contributed by atoms with van der Waals surface area (Å²) in [6.45, 7) is 6.06. The average molecular weight is 126 g/mol. The van der Waals surface area contributed by atoms with Crippen LogP contribution in [0.15, 0.2) is 0 Å². The van der Waals surface area contributed by atoms with Gasteiger partial charge in [0.2, 0.25) is 0 Å². The van der Waals surface area contributed by atoms with E-state index in [4.69, 9.17) is 0 Å². The van der Waals surface area contributed by atoms with E-state index in [1.165, 1.54) is 26.1 Å². The Morgan fingerprint density at radius 3 is 2.89 bits per heavy atom. The van der Waals surface area contributed by atoms with Crippen molar-refractivity contribution in [1.29, 1.82) is 0 Å². The Kier molecular flexibility index (Phi) is 1.24. The molecule has 0 aromatic rings. The second kappa shape index (κ2) is 1.96. The first-order valence-corrected chi connectivity index (χ1v) is 3.87. The van der Waals surface area contributed by atoms with Gasteiger partial charge < -0.3 is 5.32 Å². The number of rotatable bonds is 1. The molecule has 2 heteroatoms. The van der Waals surface area contributed by atoms with Crippen LogP contribution in [0.2, 0.25) is 0 Å². The summed E-state index contributed by atoms with van der Waals surface area (Å²) in [5.41, 5.74) is 0. The van der Waals surface area contributed by atoms with Gasteiger partial charge in [0.1, 0.15) is 0 Å². The van der Waals surface area contributed by atoms with Crippen LogP contribution in [0.25, 0.3) is 0 Å². The molecule has 2 bridgehead atoms. The Hall–Kier alpha value is -0.0800. The van der Waals surface area contributed by atoms with Crippen molar-refractivity contribution >= 4 is 0 Å². The maximum atomic E-state index is 3.48. The molecule has 2 saturated heterocycles. The quantitative estimate of drug-likeness (QED) is 0.542. The van der Waals surface area contributed by atoms with E-state index in [0.29, 0.717) is 0 Å². The van der Waals surface area contributed by atoms with Gasteiger partial charge in [-0.25, -0.2) is 0 Å². The third-order valence-electron chi connectivity index (χ3n) is 2.54. The molecule has 52 valence electrons. The third-order valence-corrected chi connectivity index (χ3v) is 2.54. The summed E-state index contributed by atoms with van der Waals surface area (Å²) < 4.78 is 0. The van der Waals surface area contributed by atoms with E-state index in [2.05, 4.69) is 17.1 Å². The van der Waals surface area contributed by atoms with Gasteiger partial charge in [-0.05, 0) is 18.9 Å². The Morgan fingerprint density at radius 1 is 1.67 bits per heavy atom. The summed E-state index contributed by atoms with van der Waals surface area (Å²) in [5.74, 6) is 0.968. The molecular formula is C7H14N2. The Bertz CT molecular complexity index is 113. The first-order chi connectivity index (χ1) is 4.40. The third kappa shape index (κ3) is 0.775. The fourth-order valence-electron chi connectivity index (χ4n) is 2.01. The van der Waals surface area contributed by atoms with Crippen LogP contribution in [0, 0.1) is 5.92 Å². The largest absolute Gasteiger partial charge is 0.301 e. The molecule has 1 N–H and O–H groups in total. The minimum atomic E-state index is 0.736. The van der Waals surface area contributed by atoms with Crippen LogP contribution >= 0.6 is 0 Å². The van der Waals surface area contributed by atoms with Crippen LogP contribution in [0.4, 0.5) is 0 Å². The fourth-order valence-corrected chi connectivity index (χ4v) is 2.01. The molecule has 2 nitrogen and oxygen atoms in total. The van der Waals surface area contributed by atoms with Crippen molar-refractivity contribution in [3.63, 3.8) is 0 Å². The molecular weight excluding hydrogens is 112 g/mol. The summed E-state index contributed by atoms with van der Waals surface area (Å²) in [4.78, 5) is 2.52. The maximum absolute atomic E-state index is 3.48. The molecule has 2 rings (SSSR count). The van der Waals surface area contributed by atoms with E-state index in [9.17, 15) is 0 Å². The molecule has 2 unspecified atom stereocenters. The molecule has 2 atom stereocenters. The lowest BCUT2D eigenvalue weighted by Gasteiger charge is -2.25. The molecule has 2 heterocycles. The molecule has 0 aliphatic carbocycles. The number of fused-ring (bicyclic) bond motifs is 2. The van der Waals surface area contributed by atoms with Crippen LogP contribution in [0.3, 0.4) is 0 Å². The second-order valence-electron chi connectivity index (χ2n) is 3.11. The molecule has 0 aromatic carbocycles. The standard InChI is InChI=1S/C7H14N2/c1-2-9-5-6-3-7(9)8-4-6/h6-8H,2-5H2,1H3. The summed E-state index contributed by atoms with van der Waals surface area (Å²) in [7, 11) is 0. The van der Waals surface area contributed by atoms with Crippen molar-refractivity contribution in [2.24, 2.45) is 5.92 Å². The highest BCUT2D eigenvalue weighted by atomic mass is 15.3. The van der Waals surface area contributed by atoms with Crippen molar-refractivity contribution in [3.05, 3.63) is 0 Å². The van der Waals surface area contributed by atoms with Crippen LogP contribution in [-0.2, 0) is 0 Å². The lowest BCUT2D eigenvalue weighted by Crippen LogP contribution is -2.43. The predicted molar refractivity (Wildman–Crippen MR) is 37.1 cm³/mol. The van der Waals surface area contributed by atoms with Crippen molar-refractivity contribution < 1.29 is 0 Å². The number of hydrogen-bond acceptors (Lipinski definition) is 2. The molecule has 2 fully saturated rings. The van der Waals surface area contributed by atoms with Gasteiger partial charge in [-0.15, -0.1) is 0 Å². The van der Waals surface area contributed by atoms with Crippen LogP contribution in [-0.4, -0.2) is 30.7 Å². The highest BCUT2D eigenvalue weighted by molar-refractivity contribution is 4.90. The predicted octanol–water partition coefficient (Wildman–Crippen LogP) is 0.258. The molecule has 0 amide bonds. The SMILES string of the molecule is CCN1CC2CNC1C2.